The fourth-order valence-corrected chi connectivity index (χ4v) is 3.17. The molecule has 0 N–H and O–H groups in total. The topological polar surface area (TPSA) is 57.5 Å². The Kier molecular flexibility index (Phi) is 4.95. The zero-order valence-electron chi connectivity index (χ0n) is 11.7. The minimum Gasteiger partial charge on any atom is -0.490 e. The molecule has 0 aliphatic heterocycles. The van der Waals surface area contributed by atoms with E-state index in [1.54, 1.807) is 18.2 Å². The minimum absolute atomic E-state index is 0.128. The van der Waals surface area contributed by atoms with Gasteiger partial charge in [0.25, 0.3) is 0 Å². The van der Waals surface area contributed by atoms with Crippen molar-refractivity contribution in [2.24, 2.45) is 0 Å². The molecule has 1 aromatic carbocycles. The largest absolute Gasteiger partial charge is 0.490 e. The van der Waals surface area contributed by atoms with Crippen LogP contribution in [-0.2, 0) is 16.6 Å². The fraction of sp³-hybridized carbons (Fsp3) is 0.286. The molecule has 0 atom stereocenters. The minimum atomic E-state index is -3.33. The Labute approximate surface area is 132 Å². The van der Waals surface area contributed by atoms with Crippen molar-refractivity contribution in [1.82, 2.24) is 3.97 Å². The molecule has 0 aliphatic carbocycles. The van der Waals surface area contributed by atoms with Gasteiger partial charge in [0.15, 0.2) is 11.5 Å². The standard InChI is InChI=1S/C14H16BrNO4S/c1-3-19-13-8-4-7-12(15)14(13)20-10-11-6-5-9-16(11)21(2,17)18/h4-9H,3,10H2,1-2H3. The van der Waals surface area contributed by atoms with Crippen LogP contribution in [0.5, 0.6) is 11.5 Å². The second kappa shape index (κ2) is 6.53. The molecule has 0 aliphatic rings. The van der Waals surface area contributed by atoms with Crippen LogP contribution in [0, 0.1) is 0 Å². The molecule has 21 heavy (non-hydrogen) atoms. The Morgan fingerprint density at radius 2 is 1.95 bits per heavy atom. The van der Waals surface area contributed by atoms with Crippen molar-refractivity contribution in [3.63, 3.8) is 0 Å². The van der Waals surface area contributed by atoms with Gasteiger partial charge in [0, 0.05) is 6.20 Å². The SMILES string of the molecule is CCOc1cccc(Br)c1OCc1cccn1S(C)(=O)=O. The number of nitrogens with zero attached hydrogens (tertiary/aromatic N) is 1. The Morgan fingerprint density at radius 3 is 2.62 bits per heavy atom. The van der Waals surface area contributed by atoms with E-state index in [0.717, 1.165) is 10.7 Å². The number of para-hydroxylation sites is 1. The highest BCUT2D eigenvalue weighted by molar-refractivity contribution is 9.10. The Bertz CT molecular complexity index is 724. The first-order valence-corrected chi connectivity index (χ1v) is 8.98. The first-order chi connectivity index (χ1) is 9.93. The summed E-state index contributed by atoms with van der Waals surface area (Å²) < 4.78 is 36.5. The van der Waals surface area contributed by atoms with Gasteiger partial charge in [0.05, 0.1) is 23.0 Å². The molecule has 0 spiro atoms. The molecule has 5 nitrogen and oxygen atoms in total. The monoisotopic (exact) mass is 373 g/mol. The molecule has 0 fully saturated rings. The van der Waals surface area contributed by atoms with E-state index in [1.807, 2.05) is 19.1 Å². The van der Waals surface area contributed by atoms with Gasteiger partial charge in [-0.1, -0.05) is 6.07 Å². The van der Waals surface area contributed by atoms with Crippen molar-refractivity contribution in [1.29, 1.82) is 0 Å². The van der Waals surface area contributed by atoms with E-state index in [2.05, 4.69) is 15.9 Å². The van der Waals surface area contributed by atoms with Gasteiger partial charge in [-0.2, -0.15) is 0 Å². The van der Waals surface area contributed by atoms with Crippen LogP contribution in [0.25, 0.3) is 0 Å². The average Bonchev–Trinajstić information content (AvgIpc) is 2.87. The second-order valence-electron chi connectivity index (χ2n) is 4.35. The summed E-state index contributed by atoms with van der Waals surface area (Å²) in [7, 11) is -3.33. The Morgan fingerprint density at radius 1 is 1.19 bits per heavy atom. The Hall–Kier alpha value is -1.47. The third-order valence-corrected chi connectivity index (χ3v) is 4.44. The Balaban J connectivity index is 2.23. The third-order valence-electron chi connectivity index (χ3n) is 2.75. The maximum atomic E-state index is 11.6. The molecule has 0 saturated carbocycles. The highest BCUT2D eigenvalue weighted by Crippen LogP contribution is 2.35. The molecule has 2 aromatic rings. The number of benzene rings is 1. The highest BCUT2D eigenvalue weighted by atomic mass is 79.9. The van der Waals surface area contributed by atoms with Gasteiger partial charge in [0.2, 0.25) is 10.0 Å². The zero-order chi connectivity index (χ0) is 15.5. The molecule has 0 amide bonds. The summed E-state index contributed by atoms with van der Waals surface area (Å²) in [6.07, 6.45) is 2.65. The van der Waals surface area contributed by atoms with Gasteiger partial charge < -0.3 is 9.47 Å². The lowest BCUT2D eigenvalue weighted by atomic mass is 10.3. The van der Waals surface area contributed by atoms with Gasteiger partial charge in [-0.3, -0.25) is 0 Å². The van der Waals surface area contributed by atoms with Crippen molar-refractivity contribution in [3.8, 4) is 11.5 Å². The zero-order valence-corrected chi connectivity index (χ0v) is 14.1. The van der Waals surface area contributed by atoms with E-state index in [4.69, 9.17) is 9.47 Å². The summed E-state index contributed by atoms with van der Waals surface area (Å²) in [6, 6.07) is 8.87. The van der Waals surface area contributed by atoms with Crippen LogP contribution in [0.3, 0.4) is 0 Å². The van der Waals surface area contributed by atoms with Crippen LogP contribution < -0.4 is 9.47 Å². The third kappa shape index (κ3) is 3.79. The maximum absolute atomic E-state index is 11.6. The lowest BCUT2D eigenvalue weighted by Gasteiger charge is -2.14. The summed E-state index contributed by atoms with van der Waals surface area (Å²) in [6.45, 7) is 2.54. The second-order valence-corrected chi connectivity index (χ2v) is 7.06. The van der Waals surface area contributed by atoms with Crippen molar-refractivity contribution < 1.29 is 17.9 Å². The van der Waals surface area contributed by atoms with E-state index >= 15 is 0 Å². The van der Waals surface area contributed by atoms with E-state index in [-0.39, 0.29) is 6.61 Å². The van der Waals surface area contributed by atoms with Crippen LogP contribution in [0.1, 0.15) is 12.6 Å². The highest BCUT2D eigenvalue weighted by Gasteiger charge is 2.13. The van der Waals surface area contributed by atoms with E-state index in [9.17, 15) is 8.42 Å². The number of ether oxygens (including phenoxy) is 2. The number of hydrogen-bond donors (Lipinski definition) is 0. The number of rotatable bonds is 6. The van der Waals surface area contributed by atoms with Crippen LogP contribution >= 0.6 is 15.9 Å². The quantitative estimate of drug-likeness (QED) is 0.780. The smallest absolute Gasteiger partial charge is 0.235 e. The lowest BCUT2D eigenvalue weighted by Crippen LogP contribution is -2.13. The molecule has 1 heterocycles. The van der Waals surface area contributed by atoms with Crippen molar-refractivity contribution >= 4 is 26.0 Å². The van der Waals surface area contributed by atoms with Crippen molar-refractivity contribution in [2.75, 3.05) is 12.9 Å². The van der Waals surface area contributed by atoms with E-state index in [1.165, 1.54) is 10.2 Å². The summed E-state index contributed by atoms with van der Waals surface area (Å²) in [5, 5.41) is 0. The molecule has 0 unspecified atom stereocenters. The maximum Gasteiger partial charge on any atom is 0.235 e. The molecule has 1 aromatic heterocycles. The first-order valence-electron chi connectivity index (χ1n) is 6.34. The van der Waals surface area contributed by atoms with Gasteiger partial charge in [-0.15, -0.1) is 0 Å². The molecular formula is C14H16BrNO4S. The summed E-state index contributed by atoms with van der Waals surface area (Å²) in [5.74, 6) is 1.17. The number of aromatic nitrogens is 1. The van der Waals surface area contributed by atoms with Crippen molar-refractivity contribution in [3.05, 3.63) is 46.7 Å². The van der Waals surface area contributed by atoms with Crippen molar-refractivity contribution in [2.45, 2.75) is 13.5 Å². The lowest BCUT2D eigenvalue weighted by molar-refractivity contribution is 0.264. The molecule has 0 bridgehead atoms. The predicted octanol–water partition coefficient (Wildman–Crippen LogP) is 3.04. The summed E-state index contributed by atoms with van der Waals surface area (Å²) in [5.41, 5.74) is 0.552. The summed E-state index contributed by atoms with van der Waals surface area (Å²) in [4.78, 5) is 0. The van der Waals surface area contributed by atoms with Crippen LogP contribution in [0.4, 0.5) is 0 Å². The molecule has 2 rings (SSSR count). The van der Waals surface area contributed by atoms with Gasteiger partial charge in [0.1, 0.15) is 6.61 Å². The van der Waals surface area contributed by atoms with Crippen LogP contribution in [0.15, 0.2) is 41.0 Å². The summed E-state index contributed by atoms with van der Waals surface area (Å²) >= 11 is 3.41. The molecular weight excluding hydrogens is 358 g/mol. The van der Waals surface area contributed by atoms with Gasteiger partial charge >= 0.3 is 0 Å². The predicted molar refractivity (Wildman–Crippen MR) is 84.3 cm³/mol. The van der Waals surface area contributed by atoms with E-state index in [0.29, 0.717) is 23.8 Å². The number of hydrogen-bond acceptors (Lipinski definition) is 4. The van der Waals surface area contributed by atoms with Crippen LogP contribution in [0.2, 0.25) is 0 Å². The number of halogens is 1. The van der Waals surface area contributed by atoms with Gasteiger partial charge in [-0.25, -0.2) is 12.4 Å². The normalized spacial score (nSPS) is 11.4. The van der Waals surface area contributed by atoms with Gasteiger partial charge in [-0.05, 0) is 47.1 Å². The first kappa shape index (κ1) is 15.9. The molecule has 114 valence electrons. The molecule has 0 saturated heterocycles. The molecule has 7 heteroatoms. The van der Waals surface area contributed by atoms with Crippen LogP contribution in [-0.4, -0.2) is 25.3 Å². The molecule has 0 radical (unpaired) electrons. The van der Waals surface area contributed by atoms with E-state index < -0.39 is 10.0 Å². The average molecular weight is 374 g/mol. The fourth-order valence-electron chi connectivity index (χ4n) is 1.88.